The smallest absolute Gasteiger partial charge is 0.407 e. The largest absolute Gasteiger partial charge is 0.445 e. The zero-order valence-electron chi connectivity index (χ0n) is 24.0. The molecule has 0 spiro atoms. The Bertz CT molecular complexity index is 1330. The predicted octanol–water partition coefficient (Wildman–Crippen LogP) is 5.12. The summed E-state index contributed by atoms with van der Waals surface area (Å²) in [6, 6.07) is 24.0. The van der Waals surface area contributed by atoms with Crippen molar-refractivity contribution in [3.63, 3.8) is 0 Å². The van der Waals surface area contributed by atoms with Crippen LogP contribution in [0.25, 0.3) is 11.1 Å². The number of rotatable bonds is 10. The first-order chi connectivity index (χ1) is 20.4. The van der Waals surface area contributed by atoms with Crippen molar-refractivity contribution >= 4 is 6.09 Å². The van der Waals surface area contributed by atoms with Gasteiger partial charge in [-0.15, -0.1) is 0 Å². The lowest BCUT2D eigenvalue weighted by Gasteiger charge is -2.42. The Morgan fingerprint density at radius 2 is 1.81 bits per heavy atom. The first-order valence-electron chi connectivity index (χ1n) is 14.6. The number of hydrogen-bond donors (Lipinski definition) is 3. The molecule has 2 fully saturated rings. The molecule has 0 aliphatic carbocycles. The van der Waals surface area contributed by atoms with Crippen molar-refractivity contribution < 1.29 is 29.2 Å². The van der Waals surface area contributed by atoms with E-state index in [1.165, 1.54) is 6.08 Å². The third kappa shape index (κ3) is 7.27. The Labute approximate surface area is 247 Å². The molecule has 0 aromatic heterocycles. The van der Waals surface area contributed by atoms with Gasteiger partial charge in [0.25, 0.3) is 0 Å². The number of nitrogens with zero attached hydrogens (tertiary/aromatic N) is 1. The van der Waals surface area contributed by atoms with E-state index < -0.39 is 12.4 Å². The minimum absolute atomic E-state index is 0.00204. The van der Waals surface area contributed by atoms with Gasteiger partial charge < -0.3 is 29.7 Å². The summed E-state index contributed by atoms with van der Waals surface area (Å²) in [5, 5.41) is 22.4. The van der Waals surface area contributed by atoms with Gasteiger partial charge in [0.1, 0.15) is 6.61 Å². The molecule has 8 nitrogen and oxygen atoms in total. The minimum Gasteiger partial charge on any atom is -0.445 e. The number of aliphatic hydroxyl groups is 2. The Morgan fingerprint density at radius 1 is 1.07 bits per heavy atom. The van der Waals surface area contributed by atoms with Gasteiger partial charge in [0.2, 0.25) is 0 Å². The van der Waals surface area contributed by atoms with Gasteiger partial charge in [-0.3, -0.25) is 4.90 Å². The van der Waals surface area contributed by atoms with Gasteiger partial charge in [-0.05, 0) is 34.2 Å². The number of alkyl carbamates (subject to hydrolysis) is 1. The van der Waals surface area contributed by atoms with Crippen LogP contribution in [0.3, 0.4) is 0 Å². The molecule has 2 saturated heterocycles. The van der Waals surface area contributed by atoms with Crippen LogP contribution in [-0.4, -0.2) is 59.7 Å². The highest BCUT2D eigenvalue weighted by molar-refractivity contribution is 5.70. The van der Waals surface area contributed by atoms with Crippen LogP contribution in [0.5, 0.6) is 0 Å². The van der Waals surface area contributed by atoms with Crippen LogP contribution < -0.4 is 5.32 Å². The van der Waals surface area contributed by atoms with Crippen LogP contribution in [0.4, 0.5) is 4.79 Å². The number of hydrogen-bond acceptors (Lipinski definition) is 7. The molecule has 42 heavy (non-hydrogen) atoms. The number of amides is 1. The second-order valence-electron chi connectivity index (χ2n) is 11.0. The molecule has 2 aliphatic heterocycles. The fourth-order valence-electron chi connectivity index (χ4n) is 5.69. The minimum atomic E-state index is -0.563. The average Bonchev–Trinajstić information content (AvgIpc) is 3.44. The van der Waals surface area contributed by atoms with Crippen molar-refractivity contribution in [3.8, 4) is 11.1 Å². The Kier molecular flexibility index (Phi) is 10.0. The van der Waals surface area contributed by atoms with Crippen LogP contribution in [-0.2, 0) is 27.4 Å². The summed E-state index contributed by atoms with van der Waals surface area (Å²) in [7, 11) is 0. The van der Waals surface area contributed by atoms with Crippen molar-refractivity contribution in [3.05, 3.63) is 108 Å². The van der Waals surface area contributed by atoms with E-state index in [0.717, 1.165) is 52.9 Å². The Hall–Kier alpha value is -3.53. The molecule has 5 rings (SSSR count). The summed E-state index contributed by atoms with van der Waals surface area (Å²) >= 11 is 0. The number of β-amino-alcohol motifs (C(OH)–C–C–N with tert-alkyl or cyclic N) is 1. The quantitative estimate of drug-likeness (QED) is 0.290. The van der Waals surface area contributed by atoms with E-state index in [4.69, 9.17) is 14.2 Å². The van der Waals surface area contributed by atoms with Crippen LogP contribution in [0.15, 0.2) is 85.5 Å². The monoisotopic (exact) mass is 572 g/mol. The van der Waals surface area contributed by atoms with Crippen LogP contribution in [0, 0.1) is 5.92 Å². The molecule has 1 amide bonds. The molecule has 0 radical (unpaired) electrons. The van der Waals surface area contributed by atoms with Gasteiger partial charge in [0, 0.05) is 37.7 Å². The normalized spacial score (nSPS) is 24.3. The van der Waals surface area contributed by atoms with E-state index in [-0.39, 0.29) is 37.4 Å². The second kappa shape index (κ2) is 14.1. The fraction of sp³-hybridized carbons (Fsp3) is 0.382. The maximum atomic E-state index is 11.9. The van der Waals surface area contributed by atoms with Gasteiger partial charge in [-0.1, -0.05) is 92.4 Å². The van der Waals surface area contributed by atoms with Crippen LogP contribution in [0.2, 0.25) is 0 Å². The lowest BCUT2D eigenvalue weighted by Crippen LogP contribution is -2.44. The van der Waals surface area contributed by atoms with Gasteiger partial charge in [-0.25, -0.2) is 4.79 Å². The molecule has 222 valence electrons. The van der Waals surface area contributed by atoms with Crippen LogP contribution >= 0.6 is 0 Å². The standard InChI is InChI=1S/C34H40N2O6/c1-3-18-40-34(39)35-19-28-6-4-5-7-30(28)25-12-14-27(15-13-25)33-41-31(21-36-17-16-29(38)20-36)23(2)32(42-33)26-10-8-24(22-37)9-11-26/h3-15,23,29,31-33,37-38H,1,16-22H2,2H3,(H,35,39)/t23-,29+,31+,32+,33+/m1/s1. The average molecular weight is 573 g/mol. The summed E-state index contributed by atoms with van der Waals surface area (Å²) < 4.78 is 18.2. The zero-order chi connectivity index (χ0) is 29.5. The topological polar surface area (TPSA) is 100 Å². The number of carbonyl (C=O) groups is 1. The first kappa shape index (κ1) is 29.9. The number of ether oxygens (including phenoxy) is 3. The van der Waals surface area contributed by atoms with Crippen molar-refractivity contribution in [2.45, 2.75) is 51.1 Å². The Morgan fingerprint density at radius 3 is 2.50 bits per heavy atom. The summed E-state index contributed by atoms with van der Waals surface area (Å²) in [6.45, 7) is 8.44. The van der Waals surface area contributed by atoms with E-state index in [9.17, 15) is 15.0 Å². The molecule has 2 aliphatic rings. The van der Waals surface area contributed by atoms with E-state index in [2.05, 4.69) is 23.7 Å². The molecular weight excluding hydrogens is 532 g/mol. The van der Waals surface area contributed by atoms with Crippen LogP contribution in [0.1, 0.15) is 48.0 Å². The molecule has 3 aromatic rings. The highest BCUT2D eigenvalue weighted by Gasteiger charge is 2.39. The van der Waals surface area contributed by atoms with Crippen molar-refractivity contribution in [2.24, 2.45) is 5.92 Å². The number of likely N-dealkylation sites (tertiary alicyclic amines) is 1. The second-order valence-corrected chi connectivity index (χ2v) is 11.0. The van der Waals surface area contributed by atoms with E-state index in [0.29, 0.717) is 13.1 Å². The third-order valence-electron chi connectivity index (χ3n) is 8.08. The van der Waals surface area contributed by atoms with E-state index >= 15 is 0 Å². The fourth-order valence-corrected chi connectivity index (χ4v) is 5.69. The number of carbonyl (C=O) groups excluding carboxylic acids is 1. The lowest BCUT2D eigenvalue weighted by atomic mass is 9.90. The molecule has 0 bridgehead atoms. The predicted molar refractivity (Wildman–Crippen MR) is 160 cm³/mol. The number of aliphatic hydroxyl groups excluding tert-OH is 2. The van der Waals surface area contributed by atoms with Crippen molar-refractivity contribution in [1.82, 2.24) is 10.2 Å². The summed E-state index contributed by atoms with van der Waals surface area (Å²) in [5.41, 5.74) is 5.82. The van der Waals surface area contributed by atoms with Gasteiger partial charge in [0.05, 0.1) is 24.9 Å². The molecule has 5 atom stereocenters. The van der Waals surface area contributed by atoms with Gasteiger partial charge >= 0.3 is 6.09 Å². The van der Waals surface area contributed by atoms with E-state index in [1.54, 1.807) is 0 Å². The maximum Gasteiger partial charge on any atom is 0.407 e. The Balaban J connectivity index is 1.35. The molecule has 3 N–H and O–H groups in total. The SMILES string of the molecule is C=CCOC(=O)NCc1ccccc1-c1ccc([C@H]2O[C@@H](CN3CC[C@H](O)C3)[C@@H](C)[C@@H](c3ccc(CO)cc3)O2)cc1. The van der Waals surface area contributed by atoms with E-state index in [1.807, 2.05) is 72.8 Å². The number of benzene rings is 3. The summed E-state index contributed by atoms with van der Waals surface area (Å²) in [5.74, 6) is 0.0794. The summed E-state index contributed by atoms with van der Waals surface area (Å²) in [4.78, 5) is 14.2. The zero-order valence-corrected chi connectivity index (χ0v) is 24.0. The highest BCUT2D eigenvalue weighted by atomic mass is 16.7. The highest BCUT2D eigenvalue weighted by Crippen LogP contribution is 2.42. The lowest BCUT2D eigenvalue weighted by molar-refractivity contribution is -0.276. The maximum absolute atomic E-state index is 11.9. The first-order valence-corrected chi connectivity index (χ1v) is 14.6. The molecule has 2 heterocycles. The molecule has 3 aromatic carbocycles. The molecular formula is C34H40N2O6. The number of nitrogens with one attached hydrogen (secondary N) is 1. The summed E-state index contributed by atoms with van der Waals surface area (Å²) in [6.07, 6.45) is 0.683. The molecule has 8 heteroatoms. The van der Waals surface area contributed by atoms with Crippen molar-refractivity contribution in [1.29, 1.82) is 0 Å². The molecule has 0 unspecified atom stereocenters. The van der Waals surface area contributed by atoms with Crippen molar-refractivity contribution in [2.75, 3.05) is 26.2 Å². The van der Waals surface area contributed by atoms with Gasteiger partial charge in [-0.2, -0.15) is 0 Å². The third-order valence-corrected chi connectivity index (χ3v) is 8.08. The van der Waals surface area contributed by atoms with Gasteiger partial charge in [0.15, 0.2) is 6.29 Å². The molecule has 0 saturated carbocycles.